The molecule has 3 aromatic rings. The predicted molar refractivity (Wildman–Crippen MR) is 123 cm³/mol. The molecule has 0 bridgehead atoms. The van der Waals surface area contributed by atoms with Crippen molar-refractivity contribution in [3.63, 3.8) is 0 Å². The molecule has 1 fully saturated rings. The summed E-state index contributed by atoms with van der Waals surface area (Å²) in [5.41, 5.74) is 3.51. The van der Waals surface area contributed by atoms with Crippen LogP contribution in [0.2, 0.25) is 0 Å². The third kappa shape index (κ3) is 4.02. The van der Waals surface area contributed by atoms with Crippen molar-refractivity contribution >= 4 is 11.7 Å². The number of benzene rings is 1. The van der Waals surface area contributed by atoms with Crippen molar-refractivity contribution < 1.29 is 9.53 Å². The molecule has 0 atom stereocenters. The molecule has 1 amide bonds. The summed E-state index contributed by atoms with van der Waals surface area (Å²) in [6.07, 6.45) is 6.03. The third-order valence-corrected chi connectivity index (χ3v) is 6.19. The second-order valence-electron chi connectivity index (χ2n) is 8.27. The summed E-state index contributed by atoms with van der Waals surface area (Å²) in [6.45, 7) is 3.10. The minimum absolute atomic E-state index is 0.00736. The van der Waals surface area contributed by atoms with Gasteiger partial charge in [0.15, 0.2) is 5.82 Å². The molecular weight excluding hydrogens is 402 g/mol. The highest BCUT2D eigenvalue weighted by Crippen LogP contribution is 2.31. The van der Waals surface area contributed by atoms with E-state index >= 15 is 0 Å². The molecule has 7 nitrogen and oxygen atoms in total. The molecule has 0 N–H and O–H groups in total. The van der Waals surface area contributed by atoms with Gasteiger partial charge in [0.05, 0.1) is 19.3 Å². The maximum atomic E-state index is 13.3. The summed E-state index contributed by atoms with van der Waals surface area (Å²) < 4.78 is 5.30. The number of carbonyl (C=O) groups is 1. The van der Waals surface area contributed by atoms with Crippen LogP contribution in [0.25, 0.3) is 11.5 Å². The summed E-state index contributed by atoms with van der Waals surface area (Å²) in [7, 11) is 1.61. The molecule has 32 heavy (non-hydrogen) atoms. The Kier molecular flexibility index (Phi) is 5.71. The fraction of sp³-hybridized carbons (Fsp3) is 0.360. The lowest BCUT2D eigenvalue weighted by atomic mass is 10.0. The van der Waals surface area contributed by atoms with Crippen LogP contribution in [-0.2, 0) is 13.0 Å². The molecule has 2 aromatic heterocycles. The molecule has 0 aliphatic carbocycles. The van der Waals surface area contributed by atoms with Crippen molar-refractivity contribution in [1.29, 1.82) is 0 Å². The van der Waals surface area contributed by atoms with E-state index in [1.54, 1.807) is 19.4 Å². The van der Waals surface area contributed by atoms with Crippen LogP contribution in [0, 0.1) is 0 Å². The summed E-state index contributed by atoms with van der Waals surface area (Å²) in [4.78, 5) is 31.8. The van der Waals surface area contributed by atoms with E-state index in [-0.39, 0.29) is 5.91 Å². The minimum Gasteiger partial charge on any atom is -0.497 e. The van der Waals surface area contributed by atoms with Gasteiger partial charge in [0.1, 0.15) is 17.3 Å². The Hall–Kier alpha value is -3.48. The monoisotopic (exact) mass is 429 g/mol. The van der Waals surface area contributed by atoms with Crippen LogP contribution in [0.3, 0.4) is 0 Å². The molecule has 0 spiro atoms. The smallest absolute Gasteiger partial charge is 0.254 e. The fourth-order valence-electron chi connectivity index (χ4n) is 4.49. The zero-order chi connectivity index (χ0) is 21.9. The first-order valence-electron chi connectivity index (χ1n) is 11.2. The average molecular weight is 430 g/mol. The Morgan fingerprint density at radius 3 is 2.66 bits per heavy atom. The van der Waals surface area contributed by atoms with Crippen LogP contribution in [-0.4, -0.2) is 52.5 Å². The van der Waals surface area contributed by atoms with E-state index in [0.717, 1.165) is 48.7 Å². The van der Waals surface area contributed by atoms with E-state index in [4.69, 9.17) is 14.7 Å². The number of amides is 1. The molecule has 0 radical (unpaired) electrons. The van der Waals surface area contributed by atoms with Gasteiger partial charge in [0.2, 0.25) is 0 Å². The molecular formula is C25H27N5O2. The number of aromatic nitrogens is 3. The van der Waals surface area contributed by atoms with E-state index < -0.39 is 0 Å². The molecule has 1 saturated heterocycles. The quantitative estimate of drug-likeness (QED) is 0.629. The fourth-order valence-corrected chi connectivity index (χ4v) is 4.49. The number of carbonyl (C=O) groups excluding carboxylic acids is 1. The van der Waals surface area contributed by atoms with Crippen LogP contribution < -0.4 is 9.64 Å². The van der Waals surface area contributed by atoms with Gasteiger partial charge < -0.3 is 14.5 Å². The topological polar surface area (TPSA) is 71.5 Å². The Morgan fingerprint density at radius 1 is 1.00 bits per heavy atom. The Labute approximate surface area is 188 Å². The van der Waals surface area contributed by atoms with Crippen LogP contribution in [0.4, 0.5) is 5.82 Å². The highest BCUT2D eigenvalue weighted by molar-refractivity contribution is 5.94. The van der Waals surface area contributed by atoms with E-state index in [1.165, 1.54) is 6.42 Å². The van der Waals surface area contributed by atoms with Crippen LogP contribution in [0.15, 0.2) is 48.7 Å². The number of rotatable bonds is 4. The van der Waals surface area contributed by atoms with Crippen LogP contribution in [0.5, 0.6) is 5.75 Å². The SMILES string of the molecule is COc1cccc(C(=O)N2CCc3nc(-c4ccccn4)nc(N4CCCCC4)c3C2)c1. The zero-order valence-electron chi connectivity index (χ0n) is 18.3. The lowest BCUT2D eigenvalue weighted by Gasteiger charge is -2.34. The Bertz CT molecular complexity index is 1110. The number of fused-ring (bicyclic) bond motifs is 1. The van der Waals surface area contributed by atoms with E-state index in [9.17, 15) is 4.79 Å². The van der Waals surface area contributed by atoms with Gasteiger partial charge in [-0.1, -0.05) is 12.1 Å². The molecule has 0 unspecified atom stereocenters. The summed E-state index contributed by atoms with van der Waals surface area (Å²) in [5, 5.41) is 0. The largest absolute Gasteiger partial charge is 0.497 e. The van der Waals surface area contributed by atoms with Gasteiger partial charge in [-0.15, -0.1) is 0 Å². The third-order valence-electron chi connectivity index (χ3n) is 6.19. The number of hydrogen-bond donors (Lipinski definition) is 0. The summed E-state index contributed by atoms with van der Waals surface area (Å²) in [6, 6.07) is 13.1. The van der Waals surface area contributed by atoms with Gasteiger partial charge in [-0.3, -0.25) is 9.78 Å². The second kappa shape index (κ2) is 8.94. The maximum absolute atomic E-state index is 13.3. The molecule has 5 rings (SSSR count). The maximum Gasteiger partial charge on any atom is 0.254 e. The van der Waals surface area contributed by atoms with Gasteiger partial charge >= 0.3 is 0 Å². The second-order valence-corrected chi connectivity index (χ2v) is 8.27. The van der Waals surface area contributed by atoms with Crippen molar-refractivity contribution in [3.05, 3.63) is 65.5 Å². The molecule has 7 heteroatoms. The molecule has 1 aromatic carbocycles. The molecule has 2 aliphatic rings. The molecule has 0 saturated carbocycles. The van der Waals surface area contributed by atoms with Crippen molar-refractivity contribution in [2.45, 2.75) is 32.2 Å². The van der Waals surface area contributed by atoms with E-state index in [1.807, 2.05) is 41.3 Å². The minimum atomic E-state index is 0.00736. The van der Waals surface area contributed by atoms with Gasteiger partial charge in [-0.05, 0) is 49.6 Å². The van der Waals surface area contributed by atoms with Crippen molar-refractivity contribution in [1.82, 2.24) is 19.9 Å². The normalized spacial score (nSPS) is 15.9. The van der Waals surface area contributed by atoms with Crippen LogP contribution >= 0.6 is 0 Å². The number of nitrogens with zero attached hydrogens (tertiary/aromatic N) is 5. The number of hydrogen-bond acceptors (Lipinski definition) is 6. The van der Waals surface area contributed by atoms with Crippen LogP contribution in [0.1, 0.15) is 40.9 Å². The molecule has 2 aliphatic heterocycles. The number of methoxy groups -OCH3 is 1. The van der Waals surface area contributed by atoms with Gasteiger partial charge in [-0.2, -0.15) is 0 Å². The molecule has 4 heterocycles. The van der Waals surface area contributed by atoms with Gasteiger partial charge in [-0.25, -0.2) is 9.97 Å². The highest BCUT2D eigenvalue weighted by atomic mass is 16.5. The predicted octanol–water partition coefficient (Wildman–Crippen LogP) is 3.74. The number of anilines is 1. The van der Waals surface area contributed by atoms with Crippen molar-refractivity contribution in [2.75, 3.05) is 31.6 Å². The first-order chi connectivity index (χ1) is 15.7. The average Bonchev–Trinajstić information content (AvgIpc) is 2.88. The Balaban J connectivity index is 1.50. The summed E-state index contributed by atoms with van der Waals surface area (Å²) >= 11 is 0. The lowest BCUT2D eigenvalue weighted by molar-refractivity contribution is 0.0733. The van der Waals surface area contributed by atoms with E-state index in [0.29, 0.717) is 36.6 Å². The summed E-state index contributed by atoms with van der Waals surface area (Å²) in [5.74, 6) is 2.31. The standard InChI is InChI=1S/C25H27N5O2/c1-32-19-9-7-8-18(16-19)25(31)30-15-11-21-20(17-30)24(29-13-5-2-6-14-29)28-23(27-21)22-10-3-4-12-26-22/h3-4,7-10,12,16H,2,5-6,11,13-15,17H2,1H3. The van der Waals surface area contributed by atoms with Crippen molar-refractivity contribution in [3.8, 4) is 17.3 Å². The van der Waals surface area contributed by atoms with Gasteiger partial charge in [0.25, 0.3) is 5.91 Å². The zero-order valence-corrected chi connectivity index (χ0v) is 18.3. The number of ether oxygens (including phenoxy) is 1. The van der Waals surface area contributed by atoms with E-state index in [2.05, 4.69) is 9.88 Å². The molecule has 164 valence electrons. The van der Waals surface area contributed by atoms with Crippen molar-refractivity contribution in [2.24, 2.45) is 0 Å². The Morgan fingerprint density at radius 2 is 1.88 bits per heavy atom. The first kappa shape index (κ1) is 20.4. The number of pyridine rings is 1. The highest BCUT2D eigenvalue weighted by Gasteiger charge is 2.29. The van der Waals surface area contributed by atoms with Gasteiger partial charge in [0, 0.05) is 43.4 Å². The first-order valence-corrected chi connectivity index (χ1v) is 11.2. The lowest BCUT2D eigenvalue weighted by Crippen LogP contribution is -2.39. The number of piperidine rings is 1.